The Labute approximate surface area is 120 Å². The summed E-state index contributed by atoms with van der Waals surface area (Å²) >= 11 is 0. The summed E-state index contributed by atoms with van der Waals surface area (Å²) in [5, 5.41) is 0. The van der Waals surface area contributed by atoms with Crippen molar-refractivity contribution in [1.29, 1.82) is 0 Å². The van der Waals surface area contributed by atoms with E-state index in [-0.39, 0.29) is 17.9 Å². The van der Waals surface area contributed by atoms with Gasteiger partial charge in [-0.15, -0.1) is 0 Å². The van der Waals surface area contributed by atoms with Crippen LogP contribution in [0.25, 0.3) is 0 Å². The van der Waals surface area contributed by atoms with E-state index >= 15 is 0 Å². The third kappa shape index (κ3) is 3.60. The lowest BCUT2D eigenvalue weighted by molar-refractivity contribution is -0.143. The van der Waals surface area contributed by atoms with Crippen molar-refractivity contribution in [2.24, 2.45) is 0 Å². The van der Waals surface area contributed by atoms with E-state index in [9.17, 15) is 9.59 Å². The Kier molecular flexibility index (Phi) is 5.17. The molecule has 2 fully saturated rings. The van der Waals surface area contributed by atoms with E-state index in [0.717, 1.165) is 31.4 Å². The fourth-order valence-corrected chi connectivity index (χ4v) is 2.83. The average molecular weight is 280 g/mol. The van der Waals surface area contributed by atoms with Gasteiger partial charge < -0.3 is 14.5 Å². The zero-order chi connectivity index (χ0) is 14.5. The van der Waals surface area contributed by atoms with Gasteiger partial charge >= 0.3 is 0 Å². The normalized spacial score (nSPS) is 23.6. The van der Waals surface area contributed by atoms with Gasteiger partial charge in [0.05, 0.1) is 13.2 Å². The second-order valence-electron chi connectivity index (χ2n) is 5.68. The smallest absolute Gasteiger partial charge is 0.245 e. The molecule has 1 atom stereocenters. The van der Waals surface area contributed by atoms with Gasteiger partial charge in [-0.25, -0.2) is 0 Å². The lowest BCUT2D eigenvalue weighted by Gasteiger charge is -2.34. The van der Waals surface area contributed by atoms with Crippen molar-refractivity contribution in [3.63, 3.8) is 0 Å². The van der Waals surface area contributed by atoms with Crippen molar-refractivity contribution < 1.29 is 14.3 Å². The van der Waals surface area contributed by atoms with E-state index < -0.39 is 0 Å². The fraction of sp³-hybridized carbons (Fsp3) is 0.733. The molecule has 1 unspecified atom stereocenters. The molecule has 2 rings (SSSR count). The van der Waals surface area contributed by atoms with Gasteiger partial charge in [0.2, 0.25) is 11.8 Å². The lowest BCUT2D eigenvalue weighted by atomic mass is 10.0. The summed E-state index contributed by atoms with van der Waals surface area (Å²) in [4.78, 5) is 28.1. The van der Waals surface area contributed by atoms with Crippen LogP contribution in [0.3, 0.4) is 0 Å². The van der Waals surface area contributed by atoms with E-state index in [2.05, 4.69) is 6.58 Å². The van der Waals surface area contributed by atoms with Gasteiger partial charge in [0.15, 0.2) is 0 Å². The second kappa shape index (κ2) is 6.88. The van der Waals surface area contributed by atoms with Crippen molar-refractivity contribution in [3.05, 3.63) is 12.2 Å². The molecule has 0 spiro atoms. The van der Waals surface area contributed by atoms with Crippen LogP contribution in [0.5, 0.6) is 0 Å². The van der Waals surface area contributed by atoms with Gasteiger partial charge in [-0.3, -0.25) is 9.59 Å². The number of amides is 2. The molecule has 0 bridgehead atoms. The zero-order valence-electron chi connectivity index (χ0n) is 12.3. The van der Waals surface area contributed by atoms with Gasteiger partial charge in [0.1, 0.15) is 6.04 Å². The number of piperidine rings is 1. The molecule has 2 aliphatic rings. The first-order chi connectivity index (χ1) is 9.59. The van der Waals surface area contributed by atoms with Crippen molar-refractivity contribution in [2.75, 3.05) is 32.8 Å². The van der Waals surface area contributed by atoms with Crippen molar-refractivity contribution in [1.82, 2.24) is 9.80 Å². The maximum atomic E-state index is 12.5. The van der Waals surface area contributed by atoms with Crippen LogP contribution >= 0.6 is 0 Å². The Hall–Kier alpha value is -1.36. The summed E-state index contributed by atoms with van der Waals surface area (Å²) in [6, 6.07) is -0.236. The highest BCUT2D eigenvalue weighted by atomic mass is 16.5. The van der Waals surface area contributed by atoms with Gasteiger partial charge in [-0.05, 0) is 26.2 Å². The van der Waals surface area contributed by atoms with Crippen molar-refractivity contribution >= 4 is 11.8 Å². The molecular weight excluding hydrogens is 256 g/mol. The Morgan fingerprint density at radius 2 is 2.15 bits per heavy atom. The Balaban J connectivity index is 1.91. The average Bonchev–Trinajstić information content (AvgIpc) is 2.55. The zero-order valence-corrected chi connectivity index (χ0v) is 12.3. The quantitative estimate of drug-likeness (QED) is 0.561. The highest BCUT2D eigenvalue weighted by Gasteiger charge is 2.37. The van der Waals surface area contributed by atoms with Gasteiger partial charge in [-0.2, -0.15) is 0 Å². The highest BCUT2D eigenvalue weighted by molar-refractivity contribution is 5.90. The van der Waals surface area contributed by atoms with Gasteiger partial charge in [0.25, 0.3) is 0 Å². The molecule has 0 radical (unpaired) electrons. The molecule has 0 saturated carbocycles. The van der Waals surface area contributed by atoms with Crippen LogP contribution in [0.2, 0.25) is 0 Å². The van der Waals surface area contributed by atoms with Crippen LogP contribution in [0.15, 0.2) is 12.2 Å². The van der Waals surface area contributed by atoms with E-state index in [1.165, 1.54) is 0 Å². The predicted octanol–water partition coefficient (Wildman–Crippen LogP) is 1.19. The van der Waals surface area contributed by atoms with Crippen LogP contribution in [-0.2, 0) is 14.3 Å². The maximum Gasteiger partial charge on any atom is 0.245 e. The molecule has 0 aromatic heterocycles. The number of nitrogens with zero attached hydrogens (tertiary/aromatic N) is 2. The predicted molar refractivity (Wildman–Crippen MR) is 76.2 cm³/mol. The third-order valence-corrected chi connectivity index (χ3v) is 3.87. The van der Waals surface area contributed by atoms with E-state index in [1.807, 2.05) is 6.92 Å². The first kappa shape index (κ1) is 15.0. The molecule has 0 N–H and O–H groups in total. The highest BCUT2D eigenvalue weighted by Crippen LogP contribution is 2.22. The maximum absolute atomic E-state index is 12.5. The number of fused-ring (bicyclic) bond motifs is 1. The molecule has 2 amide bonds. The van der Waals surface area contributed by atoms with Crippen LogP contribution < -0.4 is 0 Å². The molecule has 0 aliphatic carbocycles. The molecule has 20 heavy (non-hydrogen) atoms. The van der Waals surface area contributed by atoms with E-state index in [1.54, 1.807) is 9.80 Å². The summed E-state index contributed by atoms with van der Waals surface area (Å²) < 4.78 is 5.46. The topological polar surface area (TPSA) is 49.9 Å². The van der Waals surface area contributed by atoms with Crippen LogP contribution in [0, 0.1) is 0 Å². The minimum atomic E-state index is -0.236. The minimum Gasteiger partial charge on any atom is -0.375 e. The number of carbonyl (C=O) groups excluding carboxylic acids is 2. The number of carbonyl (C=O) groups is 2. The monoisotopic (exact) mass is 280 g/mol. The molecule has 112 valence electrons. The standard InChI is InChI=1S/C15H24N2O3/c1-12(2)11-20-10-9-16-8-6-14(18)17-7-4-3-5-13(17)15(16)19/h13H,1,3-11H2,2H3. The summed E-state index contributed by atoms with van der Waals surface area (Å²) in [6.45, 7) is 8.52. The summed E-state index contributed by atoms with van der Waals surface area (Å²) in [5.74, 6) is 0.211. The molecule has 2 saturated heterocycles. The van der Waals surface area contributed by atoms with E-state index in [4.69, 9.17) is 4.74 Å². The summed E-state index contributed by atoms with van der Waals surface area (Å²) in [6.07, 6.45) is 3.27. The fourth-order valence-electron chi connectivity index (χ4n) is 2.83. The van der Waals surface area contributed by atoms with Crippen LogP contribution in [0.4, 0.5) is 0 Å². The van der Waals surface area contributed by atoms with Gasteiger partial charge in [0, 0.05) is 26.1 Å². The Bertz CT molecular complexity index is 395. The Morgan fingerprint density at radius 3 is 2.90 bits per heavy atom. The van der Waals surface area contributed by atoms with E-state index in [0.29, 0.717) is 32.7 Å². The molecule has 0 aromatic rings. The third-order valence-electron chi connectivity index (χ3n) is 3.87. The number of rotatable bonds is 5. The SMILES string of the molecule is C=C(C)COCCN1CCC(=O)N2CCCCC2C1=O. The summed E-state index contributed by atoms with van der Waals surface area (Å²) in [5.41, 5.74) is 0.973. The Morgan fingerprint density at radius 1 is 1.35 bits per heavy atom. The molecule has 2 aliphatic heterocycles. The number of hydrogen-bond donors (Lipinski definition) is 0. The lowest BCUT2D eigenvalue weighted by Crippen LogP contribution is -2.50. The molecule has 5 nitrogen and oxygen atoms in total. The molecule has 5 heteroatoms. The number of hydrogen-bond acceptors (Lipinski definition) is 3. The first-order valence-corrected chi connectivity index (χ1v) is 7.40. The molecule has 2 heterocycles. The first-order valence-electron chi connectivity index (χ1n) is 7.40. The summed E-state index contributed by atoms with van der Waals surface area (Å²) in [7, 11) is 0. The van der Waals surface area contributed by atoms with Crippen LogP contribution in [0.1, 0.15) is 32.6 Å². The molecule has 0 aromatic carbocycles. The number of ether oxygens (including phenoxy) is 1. The minimum absolute atomic E-state index is 0.0921. The van der Waals surface area contributed by atoms with Crippen molar-refractivity contribution in [3.8, 4) is 0 Å². The second-order valence-corrected chi connectivity index (χ2v) is 5.68. The van der Waals surface area contributed by atoms with Gasteiger partial charge in [-0.1, -0.05) is 12.2 Å². The largest absolute Gasteiger partial charge is 0.375 e. The van der Waals surface area contributed by atoms with Crippen molar-refractivity contribution in [2.45, 2.75) is 38.6 Å². The van der Waals surface area contributed by atoms with Crippen LogP contribution in [-0.4, -0.2) is 60.5 Å². The molecular formula is C15H24N2O3.